The monoisotopic (exact) mass is 547 g/mol. The van der Waals surface area contributed by atoms with Gasteiger partial charge in [0.25, 0.3) is 0 Å². The van der Waals surface area contributed by atoms with Crippen LogP contribution < -0.4 is 15.9 Å². The Bertz CT molecular complexity index is 878. The summed E-state index contributed by atoms with van der Waals surface area (Å²) in [4.78, 5) is 15.2. The van der Waals surface area contributed by atoms with Crippen LogP contribution in [0.15, 0.2) is 91.0 Å². The van der Waals surface area contributed by atoms with Crippen LogP contribution in [0.5, 0.6) is 0 Å². The molecule has 0 spiro atoms. The number of hydrogen-bond acceptors (Lipinski definition) is 2. The quantitative estimate of drug-likeness (QED) is 0.282. The summed E-state index contributed by atoms with van der Waals surface area (Å²) < 4.78 is -2.88. The first-order chi connectivity index (χ1) is 14.6. The summed E-state index contributed by atoms with van der Waals surface area (Å²) in [6.45, 7) is 1.79. The average Bonchev–Trinajstić information content (AvgIpc) is 2.85. The Labute approximate surface area is 196 Å². The molecule has 3 aromatic carbocycles. The van der Waals surface area contributed by atoms with Gasteiger partial charge in [-0.2, -0.15) is 0 Å². The van der Waals surface area contributed by atoms with Crippen molar-refractivity contribution < 1.29 is 4.79 Å². The molecule has 5 heteroatoms. The van der Waals surface area contributed by atoms with E-state index in [2.05, 4.69) is 113 Å². The number of carbonyl (C=O) groups excluding carboxylic acids is 1. The molecular weight excluding hydrogens is 520 g/mol. The minimum absolute atomic E-state index is 0.225. The van der Waals surface area contributed by atoms with E-state index < -0.39 is 4.25 Å². The van der Waals surface area contributed by atoms with E-state index in [0.29, 0.717) is 0 Å². The number of nitrogens with zero attached hydrogens (tertiary/aromatic N) is 1. The van der Waals surface area contributed by atoms with E-state index in [1.165, 1.54) is 34.1 Å². The van der Waals surface area contributed by atoms with Crippen molar-refractivity contribution in [3.8, 4) is 0 Å². The Kier molecular flexibility index (Phi) is 6.86. The molecule has 1 aliphatic heterocycles. The van der Waals surface area contributed by atoms with Gasteiger partial charge in [-0.3, -0.25) is 0 Å². The zero-order valence-corrected chi connectivity index (χ0v) is 20.9. The molecule has 0 aliphatic carbocycles. The molecule has 0 radical (unpaired) electrons. The second-order valence-corrected chi connectivity index (χ2v) is 19.8. The SMILES string of the molecule is O=C(SCP(I)(c1ccccc1)(c1ccccc1)c1ccccc1)N1CCCCC1. The fourth-order valence-electron chi connectivity index (χ4n) is 4.23. The molecule has 0 atom stereocenters. The van der Waals surface area contributed by atoms with Crippen LogP contribution in [-0.2, 0) is 0 Å². The summed E-state index contributed by atoms with van der Waals surface area (Å²) >= 11 is 4.26. The van der Waals surface area contributed by atoms with E-state index in [1.54, 1.807) is 0 Å². The predicted octanol–water partition coefficient (Wildman–Crippen LogP) is 6.16. The van der Waals surface area contributed by atoms with E-state index in [9.17, 15) is 4.79 Å². The number of piperidine rings is 1. The van der Waals surface area contributed by atoms with Gasteiger partial charge < -0.3 is 0 Å². The fourth-order valence-corrected chi connectivity index (χ4v) is 15.2. The van der Waals surface area contributed by atoms with Crippen LogP contribution in [0.4, 0.5) is 4.79 Å². The van der Waals surface area contributed by atoms with Gasteiger partial charge in [-0.25, -0.2) is 0 Å². The Morgan fingerprint density at radius 3 is 1.53 bits per heavy atom. The van der Waals surface area contributed by atoms with Gasteiger partial charge in [-0.1, -0.05) is 0 Å². The molecule has 0 aromatic heterocycles. The standard InChI is InChI=1S/C25H27INOPS/c26-29(22-13-5-1-6-14-22,23-15-7-2-8-16-23,24-17-9-3-10-18-24)21-30-25(28)27-19-11-4-12-20-27/h1-3,5-10,13-18H,4,11-12,19-21H2. The van der Waals surface area contributed by atoms with Crippen molar-refractivity contribution in [2.75, 3.05) is 18.6 Å². The molecule has 30 heavy (non-hydrogen) atoms. The number of halogens is 1. The third-order valence-electron chi connectivity index (χ3n) is 5.93. The van der Waals surface area contributed by atoms with Crippen LogP contribution in [0.1, 0.15) is 19.3 Å². The molecule has 1 saturated heterocycles. The molecule has 0 bridgehead atoms. The third-order valence-corrected chi connectivity index (χ3v) is 20.5. The minimum atomic E-state index is -2.88. The summed E-state index contributed by atoms with van der Waals surface area (Å²) in [5.74, 6) is 0. The zero-order valence-electron chi connectivity index (χ0n) is 17.0. The molecule has 0 N–H and O–H groups in total. The second kappa shape index (κ2) is 9.42. The first-order valence-electron chi connectivity index (χ1n) is 10.4. The van der Waals surface area contributed by atoms with Crippen LogP contribution in [0.25, 0.3) is 0 Å². The summed E-state index contributed by atoms with van der Waals surface area (Å²) in [6, 6.07) is 32.4. The van der Waals surface area contributed by atoms with Crippen LogP contribution >= 0.6 is 38.0 Å². The van der Waals surface area contributed by atoms with Crippen molar-refractivity contribution in [1.29, 1.82) is 0 Å². The molecule has 1 aliphatic rings. The number of benzene rings is 3. The predicted molar refractivity (Wildman–Crippen MR) is 142 cm³/mol. The molecule has 156 valence electrons. The molecule has 0 unspecified atom stereocenters. The second-order valence-electron chi connectivity index (χ2n) is 7.78. The summed E-state index contributed by atoms with van der Waals surface area (Å²) in [5, 5.41) is 4.18. The fraction of sp³-hybridized carbons (Fsp3) is 0.240. The number of hydrogen-bond donors (Lipinski definition) is 0. The molecule has 1 fully saturated rings. The van der Waals surface area contributed by atoms with Crippen molar-refractivity contribution in [3.05, 3.63) is 91.0 Å². The van der Waals surface area contributed by atoms with Gasteiger partial charge in [0.1, 0.15) is 0 Å². The maximum atomic E-state index is 13.2. The van der Waals surface area contributed by atoms with E-state index >= 15 is 0 Å². The molecule has 3 aromatic rings. The van der Waals surface area contributed by atoms with Gasteiger partial charge in [0, 0.05) is 0 Å². The van der Waals surface area contributed by atoms with E-state index in [-0.39, 0.29) is 5.24 Å². The average molecular weight is 547 g/mol. The maximum absolute atomic E-state index is 13.2. The topological polar surface area (TPSA) is 20.3 Å². The van der Waals surface area contributed by atoms with Gasteiger partial charge in [0.05, 0.1) is 0 Å². The number of rotatable bonds is 5. The van der Waals surface area contributed by atoms with Gasteiger partial charge in [-0.15, -0.1) is 0 Å². The van der Waals surface area contributed by atoms with Crippen LogP contribution in [0, 0.1) is 0 Å². The van der Waals surface area contributed by atoms with Gasteiger partial charge in [0.2, 0.25) is 0 Å². The number of thioether (sulfide) groups is 1. The normalized spacial score (nSPS) is 15.9. The van der Waals surface area contributed by atoms with Gasteiger partial charge in [0.15, 0.2) is 0 Å². The molecule has 1 amide bonds. The molecular formula is C25H27INOPS. The molecule has 4 rings (SSSR count). The van der Waals surface area contributed by atoms with Crippen molar-refractivity contribution in [3.63, 3.8) is 0 Å². The van der Waals surface area contributed by atoms with Crippen LogP contribution in [0.3, 0.4) is 0 Å². The van der Waals surface area contributed by atoms with Gasteiger partial charge in [-0.05, 0) is 0 Å². The first-order valence-corrected chi connectivity index (χ1v) is 16.6. The summed E-state index contributed by atoms with van der Waals surface area (Å²) in [7, 11) is 0. The first kappa shape index (κ1) is 21.9. The van der Waals surface area contributed by atoms with E-state index in [1.807, 2.05) is 4.90 Å². The van der Waals surface area contributed by atoms with Crippen molar-refractivity contribution >= 4 is 59.2 Å². The van der Waals surface area contributed by atoms with Crippen LogP contribution in [-0.4, -0.2) is 28.7 Å². The number of amides is 1. The molecule has 1 heterocycles. The number of carbonyl (C=O) groups is 1. The zero-order chi connectivity index (χ0) is 20.9. The Morgan fingerprint density at radius 2 is 1.13 bits per heavy atom. The molecule has 0 saturated carbocycles. The Morgan fingerprint density at radius 1 is 0.733 bits per heavy atom. The Balaban J connectivity index is 1.84. The Hall–Kier alpha value is -1.36. The molecule has 2 nitrogen and oxygen atoms in total. The van der Waals surface area contributed by atoms with Crippen molar-refractivity contribution in [2.24, 2.45) is 0 Å². The van der Waals surface area contributed by atoms with E-state index in [4.69, 9.17) is 0 Å². The third kappa shape index (κ3) is 4.06. The summed E-state index contributed by atoms with van der Waals surface area (Å²) in [6.07, 6.45) is 3.48. The van der Waals surface area contributed by atoms with Gasteiger partial charge >= 0.3 is 198 Å². The number of likely N-dealkylation sites (tertiary alicyclic amines) is 1. The van der Waals surface area contributed by atoms with E-state index in [0.717, 1.165) is 31.4 Å². The van der Waals surface area contributed by atoms with Crippen LogP contribution in [0.2, 0.25) is 0 Å². The summed E-state index contributed by atoms with van der Waals surface area (Å²) in [5.41, 5.74) is 0.763. The van der Waals surface area contributed by atoms with Crippen molar-refractivity contribution in [1.82, 2.24) is 4.90 Å². The van der Waals surface area contributed by atoms with Crippen molar-refractivity contribution in [2.45, 2.75) is 19.3 Å².